The first-order chi connectivity index (χ1) is 6.76. The summed E-state index contributed by atoms with van der Waals surface area (Å²) in [5.74, 6) is 1.99. The van der Waals surface area contributed by atoms with Crippen LogP contribution < -0.4 is 10.5 Å². The Morgan fingerprint density at radius 3 is 2.64 bits per heavy atom. The maximum absolute atomic E-state index is 5.68. The lowest BCUT2D eigenvalue weighted by Gasteiger charge is -2.10. The lowest BCUT2D eigenvalue weighted by molar-refractivity contribution is 0.388. The second-order valence-electron chi connectivity index (χ2n) is 3.62. The van der Waals surface area contributed by atoms with Crippen LogP contribution in [0.25, 0.3) is 0 Å². The maximum Gasteiger partial charge on any atom is 0.221 e. The Kier molecular flexibility index (Phi) is 2.37. The summed E-state index contributed by atoms with van der Waals surface area (Å²) >= 11 is 0. The zero-order chi connectivity index (χ0) is 10.1. The number of hydrogen-bond acceptors (Lipinski definition) is 4. The molecule has 0 bridgehead atoms. The summed E-state index contributed by atoms with van der Waals surface area (Å²) in [6.07, 6.45) is 2.43. The van der Waals surface area contributed by atoms with E-state index in [1.54, 1.807) is 7.11 Å². The van der Waals surface area contributed by atoms with Crippen molar-refractivity contribution in [2.24, 2.45) is 5.73 Å². The smallest absolute Gasteiger partial charge is 0.221 e. The molecule has 0 aromatic carbocycles. The lowest BCUT2D eigenvalue weighted by Crippen LogP contribution is -2.09. The molecule has 14 heavy (non-hydrogen) atoms. The van der Waals surface area contributed by atoms with Crippen LogP contribution >= 0.6 is 0 Å². The minimum atomic E-state index is 0.454. The molecule has 0 aliphatic heterocycles. The van der Waals surface area contributed by atoms with E-state index in [2.05, 4.69) is 9.97 Å². The van der Waals surface area contributed by atoms with Gasteiger partial charge in [-0.05, 0) is 19.8 Å². The van der Waals surface area contributed by atoms with Gasteiger partial charge in [0.2, 0.25) is 5.88 Å². The predicted molar refractivity (Wildman–Crippen MR) is 53.2 cm³/mol. The van der Waals surface area contributed by atoms with E-state index in [1.165, 1.54) is 12.8 Å². The van der Waals surface area contributed by atoms with Gasteiger partial charge in [0.25, 0.3) is 0 Å². The average molecular weight is 193 g/mol. The van der Waals surface area contributed by atoms with Crippen molar-refractivity contribution in [3.05, 3.63) is 17.1 Å². The molecule has 1 aliphatic rings. The minimum absolute atomic E-state index is 0.454. The Balaban J connectivity index is 2.49. The minimum Gasteiger partial charge on any atom is -0.481 e. The maximum atomic E-state index is 5.68. The van der Waals surface area contributed by atoms with Crippen LogP contribution in [0.15, 0.2) is 0 Å². The van der Waals surface area contributed by atoms with Crippen molar-refractivity contribution in [2.45, 2.75) is 32.2 Å². The normalized spacial score (nSPS) is 15.6. The van der Waals surface area contributed by atoms with Crippen molar-refractivity contribution in [3.8, 4) is 5.88 Å². The van der Waals surface area contributed by atoms with E-state index in [9.17, 15) is 0 Å². The van der Waals surface area contributed by atoms with Gasteiger partial charge in [0.1, 0.15) is 5.82 Å². The highest BCUT2D eigenvalue weighted by Crippen LogP contribution is 2.42. The molecule has 0 spiro atoms. The molecule has 4 nitrogen and oxygen atoms in total. The van der Waals surface area contributed by atoms with Crippen LogP contribution in [0.2, 0.25) is 0 Å². The molecule has 1 aliphatic carbocycles. The van der Waals surface area contributed by atoms with Gasteiger partial charge < -0.3 is 10.5 Å². The van der Waals surface area contributed by atoms with Crippen molar-refractivity contribution in [3.63, 3.8) is 0 Å². The Hall–Kier alpha value is -1.16. The summed E-state index contributed by atoms with van der Waals surface area (Å²) in [5, 5.41) is 0. The van der Waals surface area contributed by atoms with E-state index in [0.29, 0.717) is 18.3 Å². The molecule has 1 aromatic heterocycles. The van der Waals surface area contributed by atoms with Crippen LogP contribution in [0.3, 0.4) is 0 Å². The van der Waals surface area contributed by atoms with Gasteiger partial charge >= 0.3 is 0 Å². The van der Waals surface area contributed by atoms with Crippen LogP contribution in [0.4, 0.5) is 0 Å². The summed E-state index contributed by atoms with van der Waals surface area (Å²) in [4.78, 5) is 8.66. The highest BCUT2D eigenvalue weighted by atomic mass is 16.5. The molecule has 0 saturated heterocycles. The van der Waals surface area contributed by atoms with Crippen LogP contribution in [-0.4, -0.2) is 17.1 Å². The number of aromatic nitrogens is 2. The molecule has 1 fully saturated rings. The van der Waals surface area contributed by atoms with Crippen molar-refractivity contribution in [2.75, 3.05) is 7.11 Å². The quantitative estimate of drug-likeness (QED) is 0.781. The van der Waals surface area contributed by atoms with Crippen LogP contribution in [-0.2, 0) is 6.54 Å². The second-order valence-corrected chi connectivity index (χ2v) is 3.62. The summed E-state index contributed by atoms with van der Waals surface area (Å²) in [6.45, 7) is 2.34. The van der Waals surface area contributed by atoms with Crippen LogP contribution in [0.5, 0.6) is 5.88 Å². The van der Waals surface area contributed by atoms with Gasteiger partial charge in [0.05, 0.1) is 12.8 Å². The van der Waals surface area contributed by atoms with Crippen molar-refractivity contribution in [1.82, 2.24) is 9.97 Å². The molecule has 1 aromatic rings. The standard InChI is InChI=1S/C10H15N3O/c1-6-12-9(7-3-4-7)8(5-11)10(13-6)14-2/h7H,3-5,11H2,1-2H3. The Morgan fingerprint density at radius 2 is 2.14 bits per heavy atom. The molecule has 1 heterocycles. The molecule has 0 radical (unpaired) electrons. The fourth-order valence-electron chi connectivity index (χ4n) is 1.65. The number of hydrogen-bond donors (Lipinski definition) is 1. The van der Waals surface area contributed by atoms with E-state index >= 15 is 0 Å². The van der Waals surface area contributed by atoms with Gasteiger partial charge in [-0.2, -0.15) is 4.98 Å². The number of methoxy groups -OCH3 is 1. The van der Waals surface area contributed by atoms with Gasteiger partial charge in [-0.15, -0.1) is 0 Å². The fourth-order valence-corrected chi connectivity index (χ4v) is 1.65. The molecule has 4 heteroatoms. The van der Waals surface area contributed by atoms with Gasteiger partial charge in [0, 0.05) is 18.0 Å². The monoisotopic (exact) mass is 193 g/mol. The number of aryl methyl sites for hydroxylation is 1. The summed E-state index contributed by atoms with van der Waals surface area (Å²) < 4.78 is 5.20. The summed E-state index contributed by atoms with van der Waals surface area (Å²) in [7, 11) is 1.62. The van der Waals surface area contributed by atoms with E-state index in [4.69, 9.17) is 10.5 Å². The molecule has 2 rings (SSSR count). The highest BCUT2D eigenvalue weighted by molar-refractivity contribution is 5.35. The third-order valence-electron chi connectivity index (χ3n) is 2.47. The van der Waals surface area contributed by atoms with Gasteiger partial charge in [-0.25, -0.2) is 4.98 Å². The predicted octanol–water partition coefficient (Wildman–Crippen LogP) is 1.13. The average Bonchev–Trinajstić information content (AvgIpc) is 2.99. The third kappa shape index (κ3) is 1.57. The van der Waals surface area contributed by atoms with Gasteiger partial charge in [-0.1, -0.05) is 0 Å². The first-order valence-corrected chi connectivity index (χ1v) is 4.87. The Labute approximate surface area is 83.5 Å². The van der Waals surface area contributed by atoms with Crippen molar-refractivity contribution >= 4 is 0 Å². The van der Waals surface area contributed by atoms with E-state index < -0.39 is 0 Å². The SMILES string of the molecule is COc1nc(C)nc(C2CC2)c1CN. The topological polar surface area (TPSA) is 61.0 Å². The van der Waals surface area contributed by atoms with Crippen LogP contribution in [0, 0.1) is 6.92 Å². The summed E-state index contributed by atoms with van der Waals surface area (Å²) in [5.41, 5.74) is 7.75. The van der Waals surface area contributed by atoms with Crippen molar-refractivity contribution in [1.29, 1.82) is 0 Å². The number of rotatable bonds is 3. The number of ether oxygens (including phenoxy) is 1. The van der Waals surface area contributed by atoms with E-state index in [0.717, 1.165) is 17.1 Å². The van der Waals surface area contributed by atoms with E-state index in [-0.39, 0.29) is 0 Å². The molecule has 1 saturated carbocycles. The first kappa shape index (κ1) is 9.40. The molecule has 0 unspecified atom stereocenters. The summed E-state index contributed by atoms with van der Waals surface area (Å²) in [6, 6.07) is 0. The van der Waals surface area contributed by atoms with E-state index in [1.807, 2.05) is 6.92 Å². The second kappa shape index (κ2) is 3.53. The van der Waals surface area contributed by atoms with Gasteiger partial charge in [0.15, 0.2) is 0 Å². The molecular formula is C10H15N3O. The van der Waals surface area contributed by atoms with Crippen LogP contribution in [0.1, 0.15) is 35.8 Å². The molecule has 0 atom stereocenters. The Morgan fingerprint density at radius 1 is 1.43 bits per heavy atom. The molecular weight excluding hydrogens is 178 g/mol. The lowest BCUT2D eigenvalue weighted by atomic mass is 10.1. The van der Waals surface area contributed by atoms with Gasteiger partial charge in [-0.3, -0.25) is 0 Å². The third-order valence-corrected chi connectivity index (χ3v) is 2.47. The fraction of sp³-hybridized carbons (Fsp3) is 0.600. The molecule has 76 valence electrons. The molecule has 0 amide bonds. The zero-order valence-electron chi connectivity index (χ0n) is 8.58. The first-order valence-electron chi connectivity index (χ1n) is 4.87. The van der Waals surface area contributed by atoms with Crippen molar-refractivity contribution < 1.29 is 4.74 Å². The zero-order valence-corrected chi connectivity index (χ0v) is 8.58. The Bertz CT molecular complexity index is 347. The number of nitrogens with two attached hydrogens (primary N) is 1. The highest BCUT2D eigenvalue weighted by Gasteiger charge is 2.29. The largest absolute Gasteiger partial charge is 0.481 e. The molecule has 2 N–H and O–H groups in total. The number of nitrogens with zero attached hydrogens (tertiary/aromatic N) is 2.